The van der Waals surface area contributed by atoms with Gasteiger partial charge in [-0.2, -0.15) is 0 Å². The van der Waals surface area contributed by atoms with Gasteiger partial charge in [0.15, 0.2) is 5.84 Å². The second-order valence-electron chi connectivity index (χ2n) is 2.83. The lowest BCUT2D eigenvalue weighted by molar-refractivity contribution is 0.292. The summed E-state index contributed by atoms with van der Waals surface area (Å²) in [5.41, 5.74) is 0.689. The molecule has 1 aromatic heterocycles. The predicted molar refractivity (Wildman–Crippen MR) is 51.2 cm³/mol. The van der Waals surface area contributed by atoms with Crippen LogP contribution in [-0.4, -0.2) is 29.7 Å². The predicted octanol–water partition coefficient (Wildman–Crippen LogP) is 0.513. The second kappa shape index (κ2) is 4.10. The van der Waals surface area contributed by atoms with Crippen LogP contribution >= 0.6 is 0 Å². The molecule has 3 N–H and O–H groups in total. The third-order valence-corrected chi connectivity index (χ3v) is 1.73. The van der Waals surface area contributed by atoms with E-state index in [0.717, 1.165) is 5.01 Å². The van der Waals surface area contributed by atoms with Crippen LogP contribution in [0, 0.1) is 12.3 Å². The Kier molecular flexibility index (Phi) is 3.08. The topological polar surface area (TPSA) is 88.4 Å². The third-order valence-electron chi connectivity index (χ3n) is 1.73. The molecule has 0 radical (unpaired) electrons. The van der Waals surface area contributed by atoms with Crippen molar-refractivity contribution in [1.82, 2.24) is 10.2 Å². The van der Waals surface area contributed by atoms with E-state index < -0.39 is 0 Å². The van der Waals surface area contributed by atoms with Crippen LogP contribution in [0.4, 0.5) is 0 Å². The number of hydrazine groups is 1. The Labute approximate surface area is 82.1 Å². The molecular formula is C8H14N4O2. The first-order valence-electron chi connectivity index (χ1n) is 4.24. The van der Waals surface area contributed by atoms with E-state index in [4.69, 9.17) is 20.5 Å². The Morgan fingerprint density at radius 2 is 2.36 bits per heavy atom. The summed E-state index contributed by atoms with van der Waals surface area (Å²) >= 11 is 0. The standard InChI is InChI=1S/C8H14N4O2/c1-4-13-8-5(2)6(14-11-8)7(9)12(3)10/h9H,4,10H2,1-3H3. The summed E-state index contributed by atoms with van der Waals surface area (Å²) < 4.78 is 10.1. The lowest BCUT2D eigenvalue weighted by Crippen LogP contribution is -2.33. The average Bonchev–Trinajstić information content (AvgIpc) is 2.48. The van der Waals surface area contributed by atoms with Gasteiger partial charge in [0.25, 0.3) is 5.88 Å². The smallest absolute Gasteiger partial charge is 0.257 e. The molecule has 0 bridgehead atoms. The maximum absolute atomic E-state index is 7.58. The summed E-state index contributed by atoms with van der Waals surface area (Å²) in [6.07, 6.45) is 0. The summed E-state index contributed by atoms with van der Waals surface area (Å²) in [6, 6.07) is 0. The zero-order chi connectivity index (χ0) is 10.7. The van der Waals surface area contributed by atoms with Crippen molar-refractivity contribution in [3.8, 4) is 5.88 Å². The van der Waals surface area contributed by atoms with Crippen molar-refractivity contribution in [2.75, 3.05) is 13.7 Å². The molecule has 0 unspecified atom stereocenters. The van der Waals surface area contributed by atoms with E-state index in [0.29, 0.717) is 23.8 Å². The highest BCUT2D eigenvalue weighted by molar-refractivity contribution is 5.94. The number of ether oxygens (including phenoxy) is 1. The summed E-state index contributed by atoms with van der Waals surface area (Å²) in [4.78, 5) is 0. The number of amidine groups is 1. The zero-order valence-electron chi connectivity index (χ0n) is 8.50. The Hall–Kier alpha value is -1.56. The summed E-state index contributed by atoms with van der Waals surface area (Å²) in [5, 5.41) is 12.4. The number of hydrogen-bond donors (Lipinski definition) is 2. The van der Waals surface area contributed by atoms with Gasteiger partial charge in [0, 0.05) is 7.05 Å². The first-order chi connectivity index (χ1) is 6.57. The van der Waals surface area contributed by atoms with Crippen LogP contribution < -0.4 is 10.6 Å². The Morgan fingerprint density at radius 1 is 1.71 bits per heavy atom. The van der Waals surface area contributed by atoms with E-state index in [1.807, 2.05) is 6.92 Å². The van der Waals surface area contributed by atoms with Crippen molar-refractivity contribution in [3.05, 3.63) is 11.3 Å². The molecule has 0 aromatic carbocycles. The zero-order valence-corrected chi connectivity index (χ0v) is 8.50. The minimum atomic E-state index is 0.0703. The normalized spacial score (nSPS) is 10.0. The van der Waals surface area contributed by atoms with Crippen molar-refractivity contribution in [2.45, 2.75) is 13.8 Å². The van der Waals surface area contributed by atoms with E-state index in [2.05, 4.69) is 5.16 Å². The lowest BCUT2D eigenvalue weighted by atomic mass is 10.2. The molecule has 0 spiro atoms. The summed E-state index contributed by atoms with van der Waals surface area (Å²) in [7, 11) is 1.56. The minimum Gasteiger partial charge on any atom is -0.476 e. The highest BCUT2D eigenvalue weighted by Gasteiger charge is 2.18. The number of hydrogen-bond acceptors (Lipinski definition) is 5. The maximum Gasteiger partial charge on any atom is 0.257 e. The molecule has 0 atom stereocenters. The second-order valence-corrected chi connectivity index (χ2v) is 2.83. The van der Waals surface area contributed by atoms with Crippen LogP contribution in [0.2, 0.25) is 0 Å². The van der Waals surface area contributed by atoms with Crippen LogP contribution in [0.15, 0.2) is 4.52 Å². The Balaban J connectivity index is 2.95. The van der Waals surface area contributed by atoms with Crippen molar-refractivity contribution in [2.24, 2.45) is 5.84 Å². The fourth-order valence-electron chi connectivity index (χ4n) is 0.973. The van der Waals surface area contributed by atoms with Crippen LogP contribution in [0.3, 0.4) is 0 Å². The van der Waals surface area contributed by atoms with Gasteiger partial charge in [0.1, 0.15) is 0 Å². The Bertz CT molecular complexity index is 332. The fourth-order valence-corrected chi connectivity index (χ4v) is 0.973. The number of nitrogens with one attached hydrogen (secondary N) is 1. The number of nitrogens with two attached hydrogens (primary N) is 1. The van der Waals surface area contributed by atoms with E-state index in [1.165, 1.54) is 0 Å². The van der Waals surface area contributed by atoms with Crippen molar-refractivity contribution >= 4 is 5.84 Å². The molecular weight excluding hydrogens is 184 g/mol. The van der Waals surface area contributed by atoms with Gasteiger partial charge < -0.3 is 9.26 Å². The molecule has 6 nitrogen and oxygen atoms in total. The van der Waals surface area contributed by atoms with Crippen molar-refractivity contribution in [1.29, 1.82) is 5.41 Å². The lowest BCUT2D eigenvalue weighted by Gasteiger charge is -2.09. The molecule has 1 rings (SSSR count). The molecule has 0 fully saturated rings. The largest absolute Gasteiger partial charge is 0.476 e. The number of nitrogens with zero attached hydrogens (tertiary/aromatic N) is 2. The van der Waals surface area contributed by atoms with Gasteiger partial charge in [0.05, 0.1) is 12.2 Å². The molecule has 0 amide bonds. The SMILES string of the molecule is CCOc1noc(C(=N)N(C)N)c1C. The molecule has 1 heterocycles. The van der Waals surface area contributed by atoms with Crippen LogP contribution in [0.5, 0.6) is 5.88 Å². The van der Waals surface area contributed by atoms with Crippen LogP contribution in [0.25, 0.3) is 0 Å². The molecule has 14 heavy (non-hydrogen) atoms. The molecule has 0 aliphatic carbocycles. The van der Waals surface area contributed by atoms with Gasteiger partial charge in [-0.15, -0.1) is 0 Å². The van der Waals surface area contributed by atoms with Crippen molar-refractivity contribution in [3.63, 3.8) is 0 Å². The van der Waals surface area contributed by atoms with E-state index >= 15 is 0 Å². The van der Waals surface area contributed by atoms with Gasteiger partial charge in [0.2, 0.25) is 5.76 Å². The molecule has 1 aromatic rings. The van der Waals surface area contributed by atoms with Gasteiger partial charge in [-0.3, -0.25) is 10.4 Å². The average molecular weight is 198 g/mol. The highest BCUT2D eigenvalue weighted by Crippen LogP contribution is 2.20. The Morgan fingerprint density at radius 3 is 2.86 bits per heavy atom. The van der Waals surface area contributed by atoms with Gasteiger partial charge in [-0.05, 0) is 19.0 Å². The third kappa shape index (κ3) is 1.85. The minimum absolute atomic E-state index is 0.0703. The van der Waals surface area contributed by atoms with E-state index in [1.54, 1.807) is 14.0 Å². The first kappa shape index (κ1) is 10.5. The monoisotopic (exact) mass is 198 g/mol. The molecule has 78 valence electrons. The number of rotatable bonds is 3. The van der Waals surface area contributed by atoms with Crippen LogP contribution in [-0.2, 0) is 0 Å². The number of aromatic nitrogens is 1. The van der Waals surface area contributed by atoms with E-state index in [-0.39, 0.29) is 5.84 Å². The highest BCUT2D eigenvalue weighted by atomic mass is 16.5. The maximum atomic E-state index is 7.58. The van der Waals surface area contributed by atoms with Gasteiger partial charge in [-0.25, -0.2) is 5.84 Å². The molecule has 6 heteroatoms. The summed E-state index contributed by atoms with van der Waals surface area (Å²) in [5.74, 6) is 6.21. The van der Waals surface area contributed by atoms with Crippen LogP contribution in [0.1, 0.15) is 18.2 Å². The molecule has 0 aliphatic rings. The first-order valence-corrected chi connectivity index (χ1v) is 4.24. The quantitative estimate of drug-likeness (QED) is 0.320. The molecule has 0 saturated carbocycles. The molecule has 0 saturated heterocycles. The summed E-state index contributed by atoms with van der Waals surface area (Å²) in [6.45, 7) is 4.14. The fraction of sp³-hybridized carbons (Fsp3) is 0.500. The van der Waals surface area contributed by atoms with Crippen molar-refractivity contribution < 1.29 is 9.26 Å². The van der Waals surface area contributed by atoms with E-state index in [9.17, 15) is 0 Å². The molecule has 0 aliphatic heterocycles. The van der Waals surface area contributed by atoms with Gasteiger partial charge >= 0.3 is 0 Å². The van der Waals surface area contributed by atoms with Gasteiger partial charge in [-0.1, -0.05) is 0 Å².